The van der Waals surface area contributed by atoms with Crippen LogP contribution in [-0.4, -0.2) is 64.6 Å². The van der Waals surface area contributed by atoms with E-state index in [9.17, 15) is 8.42 Å². The molecule has 4 rings (SSSR count). The van der Waals surface area contributed by atoms with Crippen molar-refractivity contribution in [3.8, 4) is 11.5 Å². The van der Waals surface area contributed by atoms with Gasteiger partial charge in [-0.3, -0.25) is 0 Å². The third-order valence-electron chi connectivity index (χ3n) is 4.82. The largest absolute Gasteiger partial charge is 0.382 e. The molecule has 1 aliphatic rings. The highest BCUT2D eigenvalue weighted by molar-refractivity contribution is 7.89. The first kappa shape index (κ1) is 18.6. The number of benzene rings is 1. The van der Waals surface area contributed by atoms with E-state index >= 15 is 0 Å². The predicted molar refractivity (Wildman–Crippen MR) is 114 cm³/mol. The molecule has 0 saturated carbocycles. The number of hydrogen-bond donors (Lipinski definition) is 2. The molecule has 1 fully saturated rings. The number of nitrogens with two attached hydrogens (primary N) is 1. The Balaban J connectivity index is 0.00000160. The second kappa shape index (κ2) is 7.36. The maximum absolute atomic E-state index is 12.2. The van der Waals surface area contributed by atoms with E-state index < -0.39 is 10.0 Å². The van der Waals surface area contributed by atoms with E-state index in [0.29, 0.717) is 55.8 Å². The van der Waals surface area contributed by atoms with Gasteiger partial charge in [0.1, 0.15) is 5.82 Å². The monoisotopic (exact) mass is 405 g/mol. The van der Waals surface area contributed by atoms with E-state index in [1.165, 1.54) is 0 Å². The van der Waals surface area contributed by atoms with E-state index in [2.05, 4.69) is 19.9 Å². The maximum atomic E-state index is 12.2. The molecule has 152 valence electrons. The van der Waals surface area contributed by atoms with Gasteiger partial charge in [0.2, 0.25) is 10.0 Å². The molecule has 28 heavy (non-hydrogen) atoms. The van der Waals surface area contributed by atoms with Crippen LogP contribution in [-0.2, 0) is 10.0 Å². The molecule has 0 spiro atoms. The number of anilines is 2. The SMILES string of the molecule is CCCS(=O)(=O)N1CCN(c2cnc(N)c(-c3nc4ccccc4[nH]3)n2)CC1.[HH].[HH]. The highest BCUT2D eigenvalue weighted by Gasteiger charge is 2.27. The van der Waals surface area contributed by atoms with Crippen LogP contribution >= 0.6 is 0 Å². The molecule has 10 heteroatoms. The van der Waals surface area contributed by atoms with Crippen LogP contribution < -0.4 is 10.6 Å². The average Bonchev–Trinajstić information content (AvgIpc) is 3.12. The van der Waals surface area contributed by atoms with Crippen LogP contribution in [0.4, 0.5) is 11.6 Å². The van der Waals surface area contributed by atoms with Crippen molar-refractivity contribution in [1.29, 1.82) is 0 Å². The normalized spacial score (nSPS) is 16.0. The van der Waals surface area contributed by atoms with E-state index in [-0.39, 0.29) is 8.61 Å². The summed E-state index contributed by atoms with van der Waals surface area (Å²) in [7, 11) is -3.18. The van der Waals surface area contributed by atoms with E-state index in [0.717, 1.165) is 11.0 Å². The second-order valence-electron chi connectivity index (χ2n) is 6.77. The number of hydrogen-bond acceptors (Lipinski definition) is 7. The molecule has 1 aromatic carbocycles. The summed E-state index contributed by atoms with van der Waals surface area (Å²) in [5, 5.41) is 0. The zero-order valence-corrected chi connectivity index (χ0v) is 16.5. The lowest BCUT2D eigenvalue weighted by Crippen LogP contribution is -2.49. The van der Waals surface area contributed by atoms with Gasteiger partial charge < -0.3 is 15.6 Å². The number of piperazine rings is 1. The molecule has 0 aliphatic carbocycles. The summed E-state index contributed by atoms with van der Waals surface area (Å²) in [6.07, 6.45) is 2.24. The molecular formula is C18H27N7O2S. The summed E-state index contributed by atoms with van der Waals surface area (Å²) in [6, 6.07) is 7.71. The van der Waals surface area contributed by atoms with Crippen LogP contribution in [0.1, 0.15) is 16.2 Å². The number of sulfonamides is 1. The van der Waals surface area contributed by atoms with Gasteiger partial charge in [0.25, 0.3) is 0 Å². The Bertz CT molecular complexity index is 1070. The lowest BCUT2D eigenvalue weighted by molar-refractivity contribution is 0.383. The molecule has 0 amide bonds. The van der Waals surface area contributed by atoms with Crippen molar-refractivity contribution < 1.29 is 11.3 Å². The quantitative estimate of drug-likeness (QED) is 0.665. The van der Waals surface area contributed by atoms with Crippen molar-refractivity contribution in [3.63, 3.8) is 0 Å². The number of imidazole rings is 1. The Kier molecular flexibility index (Phi) is 4.90. The first-order valence-electron chi connectivity index (χ1n) is 9.28. The Labute approximate surface area is 166 Å². The van der Waals surface area contributed by atoms with Gasteiger partial charge >= 0.3 is 0 Å². The molecule has 3 N–H and O–H groups in total. The highest BCUT2D eigenvalue weighted by Crippen LogP contribution is 2.25. The fraction of sp³-hybridized carbons (Fsp3) is 0.389. The van der Waals surface area contributed by atoms with E-state index in [1.54, 1.807) is 10.5 Å². The van der Waals surface area contributed by atoms with E-state index in [4.69, 9.17) is 5.73 Å². The zero-order chi connectivity index (χ0) is 19.7. The van der Waals surface area contributed by atoms with Gasteiger partial charge in [0.15, 0.2) is 17.3 Å². The minimum atomic E-state index is -3.18. The van der Waals surface area contributed by atoms with Gasteiger partial charge in [0.05, 0.1) is 23.0 Å². The Morgan fingerprint density at radius 2 is 1.93 bits per heavy atom. The zero-order valence-electron chi connectivity index (χ0n) is 15.7. The van der Waals surface area contributed by atoms with Crippen LogP contribution in [0.25, 0.3) is 22.6 Å². The van der Waals surface area contributed by atoms with E-state index in [1.807, 2.05) is 36.1 Å². The maximum Gasteiger partial charge on any atom is 0.214 e. The fourth-order valence-electron chi connectivity index (χ4n) is 3.36. The van der Waals surface area contributed by atoms with Crippen LogP contribution in [0.5, 0.6) is 0 Å². The lowest BCUT2D eigenvalue weighted by atomic mass is 10.3. The second-order valence-corrected chi connectivity index (χ2v) is 8.86. The van der Waals surface area contributed by atoms with Crippen molar-refractivity contribution in [3.05, 3.63) is 30.5 Å². The number of fused-ring (bicyclic) bond motifs is 1. The number of rotatable bonds is 5. The number of nitrogens with zero attached hydrogens (tertiary/aromatic N) is 5. The number of aromatic amines is 1. The summed E-state index contributed by atoms with van der Waals surface area (Å²) in [5.41, 5.74) is 8.27. The van der Waals surface area contributed by atoms with Crippen molar-refractivity contribution in [2.24, 2.45) is 0 Å². The minimum absolute atomic E-state index is 0. The first-order chi connectivity index (χ1) is 13.5. The molecule has 0 atom stereocenters. The first-order valence-corrected chi connectivity index (χ1v) is 10.9. The number of nitrogen functional groups attached to an aromatic ring is 1. The van der Waals surface area contributed by atoms with Crippen molar-refractivity contribution in [2.45, 2.75) is 13.3 Å². The van der Waals surface area contributed by atoms with Gasteiger partial charge in [-0.05, 0) is 18.6 Å². The predicted octanol–water partition coefficient (Wildman–Crippen LogP) is 1.96. The highest BCUT2D eigenvalue weighted by atomic mass is 32.2. The molecule has 1 saturated heterocycles. The molecule has 0 radical (unpaired) electrons. The van der Waals surface area contributed by atoms with Crippen LogP contribution in [0.15, 0.2) is 30.5 Å². The Morgan fingerprint density at radius 3 is 2.64 bits per heavy atom. The molecule has 3 heterocycles. The van der Waals surface area contributed by atoms with Gasteiger partial charge in [-0.15, -0.1) is 0 Å². The molecular weight excluding hydrogens is 378 g/mol. The molecule has 3 aromatic rings. The standard InChI is InChI=1S/C18H23N7O2S.2H2/c1-2-11-28(26,27)25-9-7-24(8-10-25)15-12-20-17(19)16(23-15)18-21-13-5-3-4-6-14(13)22-18;;/h3-6,12H,2,7-11H2,1H3,(H2,19,20)(H,21,22);2*1H. The van der Waals surface area contributed by atoms with Gasteiger partial charge in [-0.25, -0.2) is 23.4 Å². The van der Waals surface area contributed by atoms with Gasteiger partial charge in [0, 0.05) is 29.0 Å². The third kappa shape index (κ3) is 3.52. The topological polar surface area (TPSA) is 121 Å². The summed E-state index contributed by atoms with van der Waals surface area (Å²) in [6.45, 7) is 3.86. The minimum Gasteiger partial charge on any atom is -0.382 e. The molecule has 0 bridgehead atoms. The van der Waals surface area contributed by atoms with Crippen LogP contribution in [0, 0.1) is 0 Å². The van der Waals surface area contributed by atoms with Crippen LogP contribution in [0.3, 0.4) is 0 Å². The molecule has 2 aromatic heterocycles. The van der Waals surface area contributed by atoms with Gasteiger partial charge in [-0.1, -0.05) is 19.1 Å². The Morgan fingerprint density at radius 1 is 1.18 bits per heavy atom. The van der Waals surface area contributed by atoms with Crippen molar-refractivity contribution in [2.75, 3.05) is 42.6 Å². The summed E-state index contributed by atoms with van der Waals surface area (Å²) < 4.78 is 26.1. The number of H-pyrrole nitrogens is 1. The smallest absolute Gasteiger partial charge is 0.214 e. The molecule has 1 aliphatic heterocycles. The summed E-state index contributed by atoms with van der Waals surface area (Å²) >= 11 is 0. The summed E-state index contributed by atoms with van der Waals surface area (Å²) in [4.78, 5) is 18.7. The number of aromatic nitrogens is 4. The number of nitrogens with one attached hydrogen (secondary N) is 1. The average molecular weight is 406 g/mol. The number of para-hydroxylation sites is 2. The third-order valence-corrected chi connectivity index (χ3v) is 6.90. The summed E-state index contributed by atoms with van der Waals surface area (Å²) in [5.74, 6) is 1.71. The van der Waals surface area contributed by atoms with Gasteiger partial charge in [-0.2, -0.15) is 4.31 Å². The van der Waals surface area contributed by atoms with Crippen molar-refractivity contribution >= 4 is 32.7 Å². The molecule has 9 nitrogen and oxygen atoms in total. The Hall–Kier alpha value is -2.72. The lowest BCUT2D eigenvalue weighted by Gasteiger charge is -2.34. The van der Waals surface area contributed by atoms with Crippen LogP contribution in [0.2, 0.25) is 0 Å². The fourth-order valence-corrected chi connectivity index (χ4v) is 4.86. The molecule has 0 unspecified atom stereocenters. The van der Waals surface area contributed by atoms with Crippen molar-refractivity contribution in [1.82, 2.24) is 24.2 Å².